The summed E-state index contributed by atoms with van der Waals surface area (Å²) in [6, 6.07) is 2.91. The number of carbonyl (C=O) groups is 1. The quantitative estimate of drug-likeness (QED) is 0.418. The third kappa shape index (κ3) is 1.34. The minimum atomic E-state index is -0.610. The van der Waals surface area contributed by atoms with E-state index in [1.165, 1.54) is 6.07 Å². The van der Waals surface area contributed by atoms with Crippen LogP contribution in [0.4, 0.5) is 0 Å². The zero-order valence-electron chi connectivity index (χ0n) is 8.10. The second-order valence-electron chi connectivity index (χ2n) is 3.25. The van der Waals surface area contributed by atoms with Crippen LogP contribution >= 0.6 is 0 Å². The van der Waals surface area contributed by atoms with E-state index in [4.69, 9.17) is 4.74 Å². The lowest BCUT2D eigenvalue weighted by atomic mass is 10.0. The first-order valence-corrected chi connectivity index (χ1v) is 4.53. The highest BCUT2D eigenvalue weighted by Gasteiger charge is 2.33. The van der Waals surface area contributed by atoms with Crippen LogP contribution in [0, 0.1) is 0 Å². The number of esters is 1. The van der Waals surface area contributed by atoms with Gasteiger partial charge in [0.15, 0.2) is 11.5 Å². The van der Waals surface area contributed by atoms with Crippen molar-refractivity contribution in [1.82, 2.24) is 0 Å². The Bertz CT molecular complexity index is 448. The van der Waals surface area contributed by atoms with Crippen molar-refractivity contribution in [2.75, 3.05) is 0 Å². The van der Waals surface area contributed by atoms with Gasteiger partial charge < -0.3 is 14.9 Å². The SMILES string of the molecule is CC=CC1OC(=O)c2c1ccc(O)c2O. The fraction of sp³-hybridized carbons (Fsp3) is 0.182. The number of hydrogen-bond donors (Lipinski definition) is 2. The molecule has 1 aliphatic rings. The van der Waals surface area contributed by atoms with Crippen molar-refractivity contribution in [1.29, 1.82) is 0 Å². The molecule has 0 aromatic heterocycles. The third-order valence-corrected chi connectivity index (χ3v) is 2.30. The van der Waals surface area contributed by atoms with Gasteiger partial charge in [-0.15, -0.1) is 0 Å². The number of aromatic hydroxyl groups is 2. The molecule has 1 unspecified atom stereocenters. The van der Waals surface area contributed by atoms with Crippen LogP contribution in [0.2, 0.25) is 0 Å². The molecule has 0 amide bonds. The number of allylic oxidation sites excluding steroid dienone is 1. The fourth-order valence-electron chi connectivity index (χ4n) is 1.60. The summed E-state index contributed by atoms with van der Waals surface area (Å²) in [6.07, 6.45) is 3.00. The molecule has 0 fully saturated rings. The molecule has 0 saturated heterocycles. The zero-order valence-corrected chi connectivity index (χ0v) is 8.10. The summed E-state index contributed by atoms with van der Waals surface area (Å²) in [7, 11) is 0. The number of phenols is 2. The van der Waals surface area contributed by atoms with Gasteiger partial charge in [0, 0.05) is 5.56 Å². The minimum Gasteiger partial charge on any atom is -0.504 e. The molecule has 0 radical (unpaired) electrons. The molecule has 15 heavy (non-hydrogen) atoms. The molecule has 0 aliphatic carbocycles. The largest absolute Gasteiger partial charge is 0.504 e. The Balaban J connectivity index is 2.59. The number of rotatable bonds is 1. The van der Waals surface area contributed by atoms with Crippen molar-refractivity contribution < 1.29 is 19.7 Å². The number of ether oxygens (including phenoxy) is 1. The van der Waals surface area contributed by atoms with Crippen LogP contribution in [-0.4, -0.2) is 16.2 Å². The maximum atomic E-state index is 11.4. The maximum absolute atomic E-state index is 11.4. The van der Waals surface area contributed by atoms with Crippen LogP contribution in [0.1, 0.15) is 28.9 Å². The van der Waals surface area contributed by atoms with Crippen molar-refractivity contribution in [2.45, 2.75) is 13.0 Å². The average Bonchev–Trinajstić information content (AvgIpc) is 2.51. The smallest absolute Gasteiger partial charge is 0.343 e. The number of benzene rings is 1. The molecule has 2 rings (SSSR count). The molecule has 1 atom stereocenters. The summed E-state index contributed by atoms with van der Waals surface area (Å²) in [5.41, 5.74) is 0.631. The summed E-state index contributed by atoms with van der Waals surface area (Å²) in [5, 5.41) is 18.7. The van der Waals surface area contributed by atoms with Crippen LogP contribution in [0.5, 0.6) is 11.5 Å². The summed E-state index contributed by atoms with van der Waals surface area (Å²) in [4.78, 5) is 11.4. The normalized spacial score (nSPS) is 19.3. The van der Waals surface area contributed by atoms with Crippen molar-refractivity contribution in [2.24, 2.45) is 0 Å². The standard InChI is InChI=1S/C11H10O4/c1-2-3-8-6-4-5-7(12)10(13)9(6)11(14)15-8/h2-5,8,12-13H,1H3. The molecule has 0 saturated carbocycles. The molecule has 78 valence electrons. The second-order valence-corrected chi connectivity index (χ2v) is 3.25. The molecule has 0 spiro atoms. The van der Waals surface area contributed by atoms with Crippen LogP contribution in [0.3, 0.4) is 0 Å². The zero-order chi connectivity index (χ0) is 11.0. The Kier molecular flexibility index (Phi) is 2.11. The second kappa shape index (κ2) is 3.31. The van der Waals surface area contributed by atoms with Gasteiger partial charge in [-0.05, 0) is 19.1 Å². The first kappa shape index (κ1) is 9.58. The number of cyclic esters (lactones) is 1. The third-order valence-electron chi connectivity index (χ3n) is 2.30. The number of carbonyl (C=O) groups excluding carboxylic acids is 1. The first-order valence-electron chi connectivity index (χ1n) is 4.53. The molecular formula is C11H10O4. The predicted octanol–water partition coefficient (Wildman–Crippen LogP) is 1.89. The van der Waals surface area contributed by atoms with Gasteiger partial charge in [0.2, 0.25) is 0 Å². The fourth-order valence-corrected chi connectivity index (χ4v) is 1.60. The van der Waals surface area contributed by atoms with E-state index in [9.17, 15) is 15.0 Å². The first-order chi connectivity index (χ1) is 7.15. The van der Waals surface area contributed by atoms with E-state index >= 15 is 0 Å². The van der Waals surface area contributed by atoms with Gasteiger partial charge in [0.25, 0.3) is 0 Å². The highest BCUT2D eigenvalue weighted by atomic mass is 16.5. The Morgan fingerprint density at radius 3 is 2.80 bits per heavy atom. The highest BCUT2D eigenvalue weighted by molar-refractivity contribution is 5.98. The summed E-state index contributed by atoms with van der Waals surface area (Å²) >= 11 is 0. The van der Waals surface area contributed by atoms with E-state index < -0.39 is 17.8 Å². The minimum absolute atomic E-state index is 0.0538. The van der Waals surface area contributed by atoms with Crippen LogP contribution in [0.25, 0.3) is 0 Å². The predicted molar refractivity (Wildman–Crippen MR) is 52.7 cm³/mol. The van der Waals surface area contributed by atoms with E-state index in [1.807, 2.05) is 6.92 Å². The van der Waals surface area contributed by atoms with Gasteiger partial charge in [-0.2, -0.15) is 0 Å². The molecule has 0 bridgehead atoms. The average molecular weight is 206 g/mol. The van der Waals surface area contributed by atoms with E-state index in [0.717, 1.165) is 0 Å². The Morgan fingerprint density at radius 2 is 2.13 bits per heavy atom. The lowest BCUT2D eigenvalue weighted by Crippen LogP contribution is -1.95. The lowest BCUT2D eigenvalue weighted by molar-refractivity contribution is 0.0465. The van der Waals surface area contributed by atoms with Crippen LogP contribution < -0.4 is 0 Å². The van der Waals surface area contributed by atoms with Crippen molar-refractivity contribution in [3.8, 4) is 11.5 Å². The van der Waals surface area contributed by atoms with Gasteiger partial charge >= 0.3 is 5.97 Å². The van der Waals surface area contributed by atoms with Gasteiger partial charge in [-0.25, -0.2) is 4.79 Å². The molecule has 4 heteroatoms. The molecule has 4 nitrogen and oxygen atoms in total. The van der Waals surface area contributed by atoms with Crippen LogP contribution in [-0.2, 0) is 4.74 Å². The van der Waals surface area contributed by atoms with Crippen molar-refractivity contribution in [3.63, 3.8) is 0 Å². The summed E-state index contributed by atoms with van der Waals surface area (Å²) < 4.78 is 5.01. The van der Waals surface area contributed by atoms with E-state index in [1.54, 1.807) is 18.2 Å². The lowest BCUT2D eigenvalue weighted by Gasteiger charge is -2.04. The Hall–Kier alpha value is -1.97. The monoisotopic (exact) mass is 206 g/mol. The summed E-state index contributed by atoms with van der Waals surface area (Å²) in [6.45, 7) is 1.81. The molecule has 2 N–H and O–H groups in total. The van der Waals surface area contributed by atoms with Gasteiger partial charge in [-0.1, -0.05) is 12.1 Å². The molecule has 1 aliphatic heterocycles. The topological polar surface area (TPSA) is 66.8 Å². The Labute approximate surface area is 86.4 Å². The van der Waals surface area contributed by atoms with Crippen molar-refractivity contribution >= 4 is 5.97 Å². The van der Waals surface area contributed by atoms with E-state index in [2.05, 4.69) is 0 Å². The van der Waals surface area contributed by atoms with Gasteiger partial charge in [0.05, 0.1) is 0 Å². The number of fused-ring (bicyclic) bond motifs is 1. The molecular weight excluding hydrogens is 196 g/mol. The molecule has 1 heterocycles. The molecule has 1 aromatic rings. The van der Waals surface area contributed by atoms with Gasteiger partial charge in [-0.3, -0.25) is 0 Å². The van der Waals surface area contributed by atoms with Crippen molar-refractivity contribution in [3.05, 3.63) is 35.4 Å². The number of phenolic OH excluding ortho intramolecular Hbond substituents is 2. The van der Waals surface area contributed by atoms with E-state index in [0.29, 0.717) is 5.56 Å². The van der Waals surface area contributed by atoms with Gasteiger partial charge in [0.1, 0.15) is 11.7 Å². The number of hydrogen-bond acceptors (Lipinski definition) is 4. The summed E-state index contributed by atoms with van der Waals surface area (Å²) in [5.74, 6) is -1.34. The maximum Gasteiger partial charge on any atom is 0.343 e. The Morgan fingerprint density at radius 1 is 1.40 bits per heavy atom. The molecule has 1 aromatic carbocycles. The van der Waals surface area contributed by atoms with Crippen LogP contribution in [0.15, 0.2) is 24.3 Å². The van der Waals surface area contributed by atoms with E-state index in [-0.39, 0.29) is 11.3 Å². The highest BCUT2D eigenvalue weighted by Crippen LogP contribution is 2.40.